The molecule has 0 saturated carbocycles. The highest BCUT2D eigenvalue weighted by atomic mass is 32.2. The molecule has 0 saturated heterocycles. The molecule has 118 valence electrons. The number of anilines is 1. The van der Waals surface area contributed by atoms with Gasteiger partial charge in [-0.25, -0.2) is 4.68 Å². The van der Waals surface area contributed by atoms with Crippen molar-refractivity contribution < 1.29 is 4.79 Å². The van der Waals surface area contributed by atoms with Crippen LogP contribution in [0, 0.1) is 13.8 Å². The summed E-state index contributed by atoms with van der Waals surface area (Å²) in [5, 5.41) is 11.6. The number of nitrogens with one attached hydrogen (secondary N) is 1. The van der Waals surface area contributed by atoms with Gasteiger partial charge in [0.2, 0.25) is 11.1 Å². The van der Waals surface area contributed by atoms with Gasteiger partial charge in [-0.1, -0.05) is 23.9 Å². The summed E-state index contributed by atoms with van der Waals surface area (Å²) in [6, 6.07) is 9.84. The van der Waals surface area contributed by atoms with E-state index in [9.17, 15) is 4.79 Å². The fourth-order valence-electron chi connectivity index (χ4n) is 2.13. The minimum Gasteiger partial charge on any atom is -0.325 e. The summed E-state index contributed by atoms with van der Waals surface area (Å²) < 4.78 is 3.64. The molecule has 1 amide bonds. The number of hydrogen-bond donors (Lipinski definition) is 1. The third kappa shape index (κ3) is 3.62. The molecule has 0 atom stereocenters. The van der Waals surface area contributed by atoms with Crippen LogP contribution >= 0.6 is 11.8 Å². The number of rotatable bonds is 5. The average molecular weight is 327 g/mol. The molecule has 1 aromatic carbocycles. The molecular formula is C16H17N5OS. The highest BCUT2D eigenvalue weighted by molar-refractivity contribution is 7.99. The number of hydrogen-bond acceptors (Lipinski definition) is 4. The van der Waals surface area contributed by atoms with E-state index in [0.29, 0.717) is 5.16 Å². The Balaban J connectivity index is 1.64. The molecule has 7 heteroatoms. The lowest BCUT2D eigenvalue weighted by Gasteiger charge is -2.10. The van der Waals surface area contributed by atoms with Gasteiger partial charge >= 0.3 is 0 Å². The zero-order valence-electron chi connectivity index (χ0n) is 12.9. The van der Waals surface area contributed by atoms with E-state index in [4.69, 9.17) is 0 Å². The molecule has 2 heterocycles. The topological polar surface area (TPSA) is 64.7 Å². The number of benzene rings is 1. The van der Waals surface area contributed by atoms with Crippen LogP contribution in [-0.4, -0.2) is 31.2 Å². The lowest BCUT2D eigenvalue weighted by atomic mass is 10.1. The van der Waals surface area contributed by atoms with Crippen molar-refractivity contribution in [2.75, 3.05) is 11.1 Å². The van der Waals surface area contributed by atoms with Gasteiger partial charge in [-0.3, -0.25) is 9.47 Å². The zero-order chi connectivity index (χ0) is 16.2. The number of thioether (sulfide) groups is 1. The van der Waals surface area contributed by atoms with Crippen LogP contribution in [0.15, 0.2) is 54.2 Å². The third-order valence-electron chi connectivity index (χ3n) is 3.34. The van der Waals surface area contributed by atoms with Crippen LogP contribution in [-0.2, 0) is 4.79 Å². The Kier molecular flexibility index (Phi) is 4.47. The van der Waals surface area contributed by atoms with E-state index in [1.165, 1.54) is 11.8 Å². The minimum atomic E-state index is -0.0641. The smallest absolute Gasteiger partial charge is 0.234 e. The third-order valence-corrected chi connectivity index (χ3v) is 4.27. The molecular weight excluding hydrogens is 310 g/mol. The van der Waals surface area contributed by atoms with Crippen molar-refractivity contribution in [3.63, 3.8) is 0 Å². The molecule has 0 bridgehead atoms. The summed E-state index contributed by atoms with van der Waals surface area (Å²) in [6.07, 6.45) is 5.40. The SMILES string of the molecule is Cc1ccc(C)c(NC(=O)CSc2nncn2-n2cccc2)c1. The summed E-state index contributed by atoms with van der Waals surface area (Å²) in [5.41, 5.74) is 3.01. The monoisotopic (exact) mass is 327 g/mol. The molecule has 0 aliphatic carbocycles. The molecule has 0 spiro atoms. The summed E-state index contributed by atoms with van der Waals surface area (Å²) in [4.78, 5) is 12.2. The molecule has 1 N–H and O–H groups in total. The normalized spacial score (nSPS) is 10.7. The van der Waals surface area contributed by atoms with Crippen LogP contribution in [0.4, 0.5) is 5.69 Å². The quantitative estimate of drug-likeness (QED) is 0.732. The zero-order valence-corrected chi connectivity index (χ0v) is 13.7. The van der Waals surface area contributed by atoms with Crippen LogP contribution < -0.4 is 5.32 Å². The minimum absolute atomic E-state index is 0.0641. The van der Waals surface area contributed by atoms with E-state index in [1.807, 2.05) is 61.2 Å². The summed E-state index contributed by atoms with van der Waals surface area (Å²) in [5.74, 6) is 0.207. The summed E-state index contributed by atoms with van der Waals surface area (Å²) in [7, 11) is 0. The van der Waals surface area contributed by atoms with E-state index in [2.05, 4.69) is 15.5 Å². The van der Waals surface area contributed by atoms with Crippen molar-refractivity contribution >= 4 is 23.4 Å². The van der Waals surface area contributed by atoms with Gasteiger partial charge < -0.3 is 5.32 Å². The number of amides is 1. The fraction of sp³-hybridized carbons (Fsp3) is 0.188. The molecule has 0 aliphatic rings. The number of aryl methyl sites for hydroxylation is 2. The lowest BCUT2D eigenvalue weighted by Crippen LogP contribution is -2.16. The summed E-state index contributed by atoms with van der Waals surface area (Å²) >= 11 is 1.35. The first kappa shape index (κ1) is 15.4. The maximum Gasteiger partial charge on any atom is 0.234 e. The number of carbonyl (C=O) groups is 1. The largest absolute Gasteiger partial charge is 0.325 e. The molecule has 0 aliphatic heterocycles. The van der Waals surface area contributed by atoms with Crippen LogP contribution in [0.2, 0.25) is 0 Å². The first-order valence-corrected chi connectivity index (χ1v) is 8.15. The Bertz CT molecular complexity index is 810. The van der Waals surface area contributed by atoms with Crippen molar-refractivity contribution in [3.8, 4) is 0 Å². The molecule has 0 unspecified atom stereocenters. The van der Waals surface area contributed by atoms with Crippen molar-refractivity contribution in [2.24, 2.45) is 0 Å². The molecule has 23 heavy (non-hydrogen) atoms. The molecule has 0 radical (unpaired) electrons. The van der Waals surface area contributed by atoms with Gasteiger partial charge in [-0.2, -0.15) is 0 Å². The fourth-order valence-corrected chi connectivity index (χ4v) is 2.84. The van der Waals surface area contributed by atoms with Crippen LogP contribution in [0.3, 0.4) is 0 Å². The number of carbonyl (C=O) groups excluding carboxylic acids is 1. The maximum atomic E-state index is 12.2. The van der Waals surface area contributed by atoms with E-state index in [0.717, 1.165) is 16.8 Å². The second-order valence-electron chi connectivity index (χ2n) is 5.18. The van der Waals surface area contributed by atoms with Crippen molar-refractivity contribution in [3.05, 3.63) is 60.2 Å². The number of aromatic nitrogens is 4. The molecule has 3 aromatic rings. The maximum absolute atomic E-state index is 12.2. The van der Waals surface area contributed by atoms with Crippen LogP contribution in [0.5, 0.6) is 0 Å². The van der Waals surface area contributed by atoms with E-state index < -0.39 is 0 Å². The highest BCUT2D eigenvalue weighted by Crippen LogP contribution is 2.19. The standard InChI is InChI=1S/C16H17N5OS/c1-12-5-6-13(2)14(9-12)18-15(22)10-23-16-19-17-11-21(16)20-7-3-4-8-20/h3-9,11H,10H2,1-2H3,(H,18,22). The molecule has 0 fully saturated rings. The van der Waals surface area contributed by atoms with Gasteiger partial charge in [0, 0.05) is 18.1 Å². The van der Waals surface area contributed by atoms with Gasteiger partial charge in [0.1, 0.15) is 6.33 Å². The second kappa shape index (κ2) is 6.70. The van der Waals surface area contributed by atoms with Gasteiger partial charge in [0.25, 0.3) is 0 Å². The molecule has 3 rings (SSSR count). The van der Waals surface area contributed by atoms with Gasteiger partial charge in [0.15, 0.2) is 0 Å². The van der Waals surface area contributed by atoms with Crippen molar-refractivity contribution in [1.29, 1.82) is 0 Å². The Morgan fingerprint density at radius 3 is 2.83 bits per heavy atom. The molecule has 2 aromatic heterocycles. The Hall–Kier alpha value is -2.54. The van der Waals surface area contributed by atoms with Crippen LogP contribution in [0.1, 0.15) is 11.1 Å². The predicted molar refractivity (Wildman–Crippen MR) is 90.5 cm³/mol. The Morgan fingerprint density at radius 1 is 1.26 bits per heavy atom. The van der Waals surface area contributed by atoms with Crippen LogP contribution in [0.25, 0.3) is 0 Å². The van der Waals surface area contributed by atoms with Gasteiger partial charge in [-0.15, -0.1) is 10.2 Å². The van der Waals surface area contributed by atoms with E-state index >= 15 is 0 Å². The predicted octanol–water partition coefficient (Wildman–Crippen LogP) is 2.74. The van der Waals surface area contributed by atoms with Gasteiger partial charge in [0.05, 0.1) is 5.75 Å². The Labute approximate surface area is 138 Å². The first-order chi connectivity index (χ1) is 11.1. The first-order valence-electron chi connectivity index (χ1n) is 7.17. The molecule has 6 nitrogen and oxygen atoms in total. The lowest BCUT2D eigenvalue weighted by molar-refractivity contribution is -0.113. The average Bonchev–Trinajstić information content (AvgIpc) is 3.19. The van der Waals surface area contributed by atoms with E-state index in [1.54, 1.807) is 11.0 Å². The summed E-state index contributed by atoms with van der Waals surface area (Å²) in [6.45, 7) is 3.98. The van der Waals surface area contributed by atoms with Crippen molar-refractivity contribution in [1.82, 2.24) is 19.5 Å². The van der Waals surface area contributed by atoms with E-state index in [-0.39, 0.29) is 11.7 Å². The second-order valence-corrected chi connectivity index (χ2v) is 6.12. The Morgan fingerprint density at radius 2 is 2.04 bits per heavy atom. The highest BCUT2D eigenvalue weighted by Gasteiger charge is 2.10. The number of nitrogens with zero attached hydrogens (tertiary/aromatic N) is 4. The van der Waals surface area contributed by atoms with Gasteiger partial charge in [-0.05, 0) is 43.2 Å². The van der Waals surface area contributed by atoms with Crippen molar-refractivity contribution in [2.45, 2.75) is 19.0 Å².